The molecule has 0 atom stereocenters. The number of nitrogens with one attached hydrogen (secondary N) is 1. The molecule has 0 spiro atoms. The average Bonchev–Trinajstić information content (AvgIpc) is 3.44. The standard InChI is InChI=1S/C23H24ClN3O/c1-15-25-10-11-27(15)21-13-17(16-4-8-20(24)9-5-16)12-18(14-21)22(28)26-23(2,3)19-6-7-19/h4-5,8-14,19H,6-7H2,1-3H3,(H,26,28). The second-order valence-corrected chi connectivity index (χ2v) is 8.51. The summed E-state index contributed by atoms with van der Waals surface area (Å²) in [5.74, 6) is 1.39. The molecule has 1 aliphatic carbocycles. The molecule has 1 fully saturated rings. The van der Waals surface area contributed by atoms with Crippen molar-refractivity contribution in [2.24, 2.45) is 5.92 Å². The molecule has 0 unspecified atom stereocenters. The number of hydrogen-bond acceptors (Lipinski definition) is 2. The maximum Gasteiger partial charge on any atom is 0.251 e. The molecule has 1 saturated carbocycles. The number of halogens is 1. The summed E-state index contributed by atoms with van der Waals surface area (Å²) in [5.41, 5.74) is 3.34. The molecule has 0 radical (unpaired) electrons. The summed E-state index contributed by atoms with van der Waals surface area (Å²) in [5, 5.41) is 3.91. The van der Waals surface area contributed by atoms with Crippen molar-refractivity contribution in [3.63, 3.8) is 0 Å². The highest BCUT2D eigenvalue weighted by atomic mass is 35.5. The molecule has 1 amide bonds. The number of carbonyl (C=O) groups is 1. The minimum Gasteiger partial charge on any atom is -0.347 e. The highest BCUT2D eigenvalue weighted by Gasteiger charge is 2.38. The molecule has 1 aromatic heterocycles. The van der Waals surface area contributed by atoms with Crippen LogP contribution in [0, 0.1) is 12.8 Å². The van der Waals surface area contributed by atoms with Crippen LogP contribution in [-0.2, 0) is 0 Å². The van der Waals surface area contributed by atoms with Gasteiger partial charge in [0.05, 0.1) is 0 Å². The molecule has 0 aliphatic heterocycles. The molecule has 0 saturated heterocycles. The van der Waals surface area contributed by atoms with Crippen LogP contribution in [-0.4, -0.2) is 21.0 Å². The van der Waals surface area contributed by atoms with Gasteiger partial charge in [0.2, 0.25) is 0 Å². The molecule has 4 rings (SSSR count). The summed E-state index contributed by atoms with van der Waals surface area (Å²) in [6.45, 7) is 6.16. The topological polar surface area (TPSA) is 46.9 Å². The largest absolute Gasteiger partial charge is 0.347 e. The number of imidazole rings is 1. The van der Waals surface area contributed by atoms with Gasteiger partial charge in [-0.15, -0.1) is 0 Å². The number of aromatic nitrogens is 2. The Morgan fingerprint density at radius 3 is 2.46 bits per heavy atom. The van der Waals surface area contributed by atoms with Gasteiger partial charge in [0.25, 0.3) is 5.91 Å². The van der Waals surface area contributed by atoms with Crippen molar-refractivity contribution in [3.05, 3.63) is 71.3 Å². The lowest BCUT2D eigenvalue weighted by Gasteiger charge is -2.26. The van der Waals surface area contributed by atoms with E-state index in [-0.39, 0.29) is 11.4 Å². The lowest BCUT2D eigenvalue weighted by Crippen LogP contribution is -2.45. The van der Waals surface area contributed by atoms with E-state index in [0.29, 0.717) is 16.5 Å². The second kappa shape index (κ2) is 7.10. The molecule has 4 nitrogen and oxygen atoms in total. The van der Waals surface area contributed by atoms with Crippen molar-refractivity contribution in [1.29, 1.82) is 0 Å². The molecule has 2 aromatic carbocycles. The van der Waals surface area contributed by atoms with E-state index < -0.39 is 0 Å². The fourth-order valence-electron chi connectivity index (χ4n) is 3.61. The molecule has 1 aliphatic rings. The molecule has 1 N–H and O–H groups in total. The number of carbonyl (C=O) groups excluding carboxylic acids is 1. The fourth-order valence-corrected chi connectivity index (χ4v) is 3.74. The van der Waals surface area contributed by atoms with Crippen LogP contribution in [0.15, 0.2) is 54.9 Å². The van der Waals surface area contributed by atoms with Crippen molar-refractivity contribution in [2.45, 2.75) is 39.2 Å². The quantitative estimate of drug-likeness (QED) is 0.629. The lowest BCUT2D eigenvalue weighted by atomic mass is 9.97. The number of nitrogens with zero attached hydrogens (tertiary/aromatic N) is 2. The first kappa shape index (κ1) is 18.8. The lowest BCUT2D eigenvalue weighted by molar-refractivity contribution is 0.0903. The maximum atomic E-state index is 13.1. The van der Waals surface area contributed by atoms with Gasteiger partial charge in [-0.25, -0.2) is 4.98 Å². The van der Waals surface area contributed by atoms with Crippen LogP contribution in [0.1, 0.15) is 42.9 Å². The summed E-state index contributed by atoms with van der Waals surface area (Å²) < 4.78 is 1.99. The van der Waals surface area contributed by atoms with Gasteiger partial charge in [-0.2, -0.15) is 0 Å². The minimum absolute atomic E-state index is 0.0493. The Balaban J connectivity index is 1.76. The smallest absolute Gasteiger partial charge is 0.251 e. The summed E-state index contributed by atoms with van der Waals surface area (Å²) in [6.07, 6.45) is 6.03. The molecular formula is C23H24ClN3O. The Bertz CT molecular complexity index is 1020. The second-order valence-electron chi connectivity index (χ2n) is 8.07. The van der Waals surface area contributed by atoms with E-state index in [4.69, 9.17) is 11.6 Å². The predicted octanol–water partition coefficient (Wildman–Crippen LogP) is 5.42. The highest BCUT2D eigenvalue weighted by molar-refractivity contribution is 6.30. The zero-order valence-electron chi connectivity index (χ0n) is 16.4. The van der Waals surface area contributed by atoms with Gasteiger partial charge in [0, 0.05) is 34.2 Å². The van der Waals surface area contributed by atoms with E-state index in [0.717, 1.165) is 22.6 Å². The Labute approximate surface area is 170 Å². The Hall–Kier alpha value is -2.59. The third-order valence-electron chi connectivity index (χ3n) is 5.50. The first-order valence-electron chi connectivity index (χ1n) is 9.57. The zero-order valence-corrected chi connectivity index (χ0v) is 17.1. The first-order valence-corrected chi connectivity index (χ1v) is 9.95. The number of hydrogen-bond donors (Lipinski definition) is 1. The fraction of sp³-hybridized carbons (Fsp3) is 0.304. The van der Waals surface area contributed by atoms with Gasteiger partial charge < -0.3 is 9.88 Å². The molecular weight excluding hydrogens is 370 g/mol. The van der Waals surface area contributed by atoms with E-state index in [9.17, 15) is 4.79 Å². The first-order chi connectivity index (χ1) is 13.3. The van der Waals surface area contributed by atoms with Crippen LogP contribution in [0.2, 0.25) is 5.02 Å². The van der Waals surface area contributed by atoms with E-state index in [1.54, 1.807) is 6.20 Å². The Kier molecular flexibility index (Phi) is 4.76. The van der Waals surface area contributed by atoms with Crippen molar-refractivity contribution < 1.29 is 4.79 Å². The molecule has 28 heavy (non-hydrogen) atoms. The van der Waals surface area contributed by atoms with Gasteiger partial charge in [-0.1, -0.05) is 23.7 Å². The third kappa shape index (κ3) is 3.83. The Morgan fingerprint density at radius 1 is 1.14 bits per heavy atom. The van der Waals surface area contributed by atoms with Crippen molar-refractivity contribution >= 4 is 17.5 Å². The Morgan fingerprint density at radius 2 is 1.86 bits per heavy atom. The van der Waals surface area contributed by atoms with Crippen molar-refractivity contribution in [2.75, 3.05) is 0 Å². The van der Waals surface area contributed by atoms with E-state index in [1.807, 2.05) is 54.1 Å². The van der Waals surface area contributed by atoms with Crippen LogP contribution in [0.3, 0.4) is 0 Å². The van der Waals surface area contributed by atoms with Crippen LogP contribution >= 0.6 is 11.6 Å². The molecule has 5 heteroatoms. The number of benzene rings is 2. The normalized spacial score (nSPS) is 14.1. The molecule has 1 heterocycles. The van der Waals surface area contributed by atoms with Crippen LogP contribution in [0.4, 0.5) is 0 Å². The van der Waals surface area contributed by atoms with E-state index in [2.05, 4.69) is 30.2 Å². The van der Waals surface area contributed by atoms with Crippen molar-refractivity contribution in [1.82, 2.24) is 14.9 Å². The molecule has 144 valence electrons. The van der Waals surface area contributed by atoms with E-state index >= 15 is 0 Å². The van der Waals surface area contributed by atoms with Gasteiger partial charge in [-0.3, -0.25) is 4.79 Å². The van der Waals surface area contributed by atoms with E-state index in [1.165, 1.54) is 12.8 Å². The summed E-state index contributed by atoms with van der Waals surface area (Å²) in [6, 6.07) is 13.6. The van der Waals surface area contributed by atoms with Gasteiger partial charge in [0.15, 0.2) is 0 Å². The van der Waals surface area contributed by atoms with Gasteiger partial charge in [-0.05, 0) is 81.0 Å². The summed E-state index contributed by atoms with van der Waals surface area (Å²) >= 11 is 6.05. The van der Waals surface area contributed by atoms with Crippen LogP contribution in [0.25, 0.3) is 16.8 Å². The number of amides is 1. The number of rotatable bonds is 5. The summed E-state index contributed by atoms with van der Waals surface area (Å²) in [7, 11) is 0. The van der Waals surface area contributed by atoms with Crippen LogP contribution in [0.5, 0.6) is 0 Å². The minimum atomic E-state index is -0.196. The molecule has 0 bridgehead atoms. The van der Waals surface area contributed by atoms with Gasteiger partial charge in [0.1, 0.15) is 5.82 Å². The third-order valence-corrected chi connectivity index (χ3v) is 5.75. The van der Waals surface area contributed by atoms with Gasteiger partial charge >= 0.3 is 0 Å². The SMILES string of the molecule is Cc1nccn1-c1cc(C(=O)NC(C)(C)C2CC2)cc(-c2ccc(Cl)cc2)c1. The molecule has 3 aromatic rings. The highest BCUT2D eigenvalue weighted by Crippen LogP contribution is 2.39. The monoisotopic (exact) mass is 393 g/mol. The van der Waals surface area contributed by atoms with Crippen molar-refractivity contribution in [3.8, 4) is 16.8 Å². The zero-order chi connectivity index (χ0) is 19.9. The summed E-state index contributed by atoms with van der Waals surface area (Å²) in [4.78, 5) is 17.4. The maximum absolute atomic E-state index is 13.1. The number of aryl methyl sites for hydroxylation is 1. The predicted molar refractivity (Wildman–Crippen MR) is 113 cm³/mol. The van der Waals surface area contributed by atoms with Crippen LogP contribution < -0.4 is 5.32 Å². The average molecular weight is 394 g/mol.